The summed E-state index contributed by atoms with van der Waals surface area (Å²) in [6.07, 6.45) is 5.34. The smallest absolute Gasteiger partial charge is 0.216 e. The minimum atomic E-state index is 0.0607. The lowest BCUT2D eigenvalue weighted by Crippen LogP contribution is -2.25. The average Bonchev–Trinajstić information content (AvgIpc) is 2.01. The third kappa shape index (κ3) is 7.32. The number of allylic oxidation sites excluding steroid dienone is 1. The molecule has 0 fully saturated rings. The van der Waals surface area contributed by atoms with E-state index in [2.05, 4.69) is 18.8 Å². The van der Waals surface area contributed by atoms with Gasteiger partial charge in [-0.3, -0.25) is 4.79 Å². The summed E-state index contributed by atoms with van der Waals surface area (Å²) in [5, 5.41) is 2.81. The van der Waals surface area contributed by atoms with Crippen molar-refractivity contribution >= 4 is 5.91 Å². The highest BCUT2D eigenvalue weighted by Gasteiger charge is 2.01. The highest BCUT2D eigenvalue weighted by atomic mass is 16.1. The van der Waals surface area contributed by atoms with Gasteiger partial charge in [0.25, 0.3) is 0 Å². The van der Waals surface area contributed by atoms with Gasteiger partial charge in [0, 0.05) is 13.5 Å². The molecule has 0 spiro atoms. The molecule has 1 N–H and O–H groups in total. The first-order valence-electron chi connectivity index (χ1n) is 4.52. The maximum atomic E-state index is 10.6. The molecule has 0 bridgehead atoms. The molecule has 0 aliphatic carbocycles. The molecule has 70 valence electrons. The number of hydrogen-bond donors (Lipinski definition) is 1. The largest absolute Gasteiger partial charge is 0.356 e. The first-order chi connectivity index (χ1) is 5.66. The minimum absolute atomic E-state index is 0.0607. The maximum absolute atomic E-state index is 10.6. The van der Waals surface area contributed by atoms with E-state index in [1.165, 1.54) is 6.42 Å². The molecule has 0 aliphatic rings. The van der Waals surface area contributed by atoms with Crippen LogP contribution in [-0.4, -0.2) is 12.5 Å². The molecule has 0 aromatic carbocycles. The van der Waals surface area contributed by atoms with E-state index in [9.17, 15) is 4.79 Å². The molecule has 0 radical (unpaired) electrons. The maximum Gasteiger partial charge on any atom is 0.216 e. The predicted octanol–water partition coefficient (Wildman–Crippen LogP) is 2.11. The van der Waals surface area contributed by atoms with E-state index >= 15 is 0 Å². The zero-order chi connectivity index (χ0) is 9.40. The summed E-state index contributed by atoms with van der Waals surface area (Å²) in [5.41, 5.74) is 0. The third-order valence-electron chi connectivity index (χ3n) is 1.80. The second-order valence-corrected chi connectivity index (χ2v) is 3.26. The molecule has 0 aliphatic heterocycles. The lowest BCUT2D eigenvalue weighted by atomic mass is 10.0. The molecule has 1 atom stereocenters. The van der Waals surface area contributed by atoms with E-state index in [0.717, 1.165) is 19.4 Å². The number of nitrogens with one attached hydrogen (secondary N) is 1. The van der Waals surface area contributed by atoms with Crippen LogP contribution >= 0.6 is 0 Å². The number of carbonyl (C=O) groups is 1. The quantitative estimate of drug-likeness (QED) is 0.479. The van der Waals surface area contributed by atoms with Crippen LogP contribution in [0.25, 0.3) is 0 Å². The predicted molar refractivity (Wildman–Crippen MR) is 51.9 cm³/mol. The molecular formula is C10H19NO. The second-order valence-electron chi connectivity index (χ2n) is 3.26. The summed E-state index contributed by atoms with van der Waals surface area (Å²) in [5.74, 6) is 0.638. The van der Waals surface area contributed by atoms with Gasteiger partial charge in [0.15, 0.2) is 0 Å². The van der Waals surface area contributed by atoms with Crippen LogP contribution in [0.5, 0.6) is 0 Å². The number of unbranched alkanes of at least 4 members (excludes halogenated alkanes) is 1. The SMILES string of the molecule is C=CCCCC(C)CNC(C)=O. The lowest BCUT2D eigenvalue weighted by Gasteiger charge is -2.10. The standard InChI is InChI=1S/C10H19NO/c1-4-5-6-7-9(2)8-11-10(3)12/h4,9H,1,5-8H2,2-3H3,(H,11,12). The minimum Gasteiger partial charge on any atom is -0.356 e. The van der Waals surface area contributed by atoms with Gasteiger partial charge in [-0.2, -0.15) is 0 Å². The normalized spacial score (nSPS) is 12.2. The Bertz CT molecular complexity index is 143. The molecule has 0 aromatic heterocycles. The van der Waals surface area contributed by atoms with Gasteiger partial charge in [0.1, 0.15) is 0 Å². The summed E-state index contributed by atoms with van der Waals surface area (Å²) >= 11 is 0. The van der Waals surface area contributed by atoms with Crippen LogP contribution in [0.15, 0.2) is 12.7 Å². The third-order valence-corrected chi connectivity index (χ3v) is 1.80. The van der Waals surface area contributed by atoms with Crippen molar-refractivity contribution in [1.29, 1.82) is 0 Å². The van der Waals surface area contributed by atoms with E-state index in [-0.39, 0.29) is 5.91 Å². The first-order valence-corrected chi connectivity index (χ1v) is 4.52. The van der Waals surface area contributed by atoms with E-state index in [1.54, 1.807) is 6.92 Å². The van der Waals surface area contributed by atoms with Gasteiger partial charge in [0.05, 0.1) is 0 Å². The Labute approximate surface area is 75.0 Å². The highest BCUT2D eigenvalue weighted by Crippen LogP contribution is 2.06. The number of rotatable bonds is 6. The van der Waals surface area contributed by atoms with Crippen LogP contribution in [0.2, 0.25) is 0 Å². The molecule has 1 amide bonds. The fourth-order valence-corrected chi connectivity index (χ4v) is 1.03. The van der Waals surface area contributed by atoms with Crippen molar-refractivity contribution in [3.05, 3.63) is 12.7 Å². The second kappa shape index (κ2) is 6.89. The van der Waals surface area contributed by atoms with Crippen LogP contribution in [0.3, 0.4) is 0 Å². The van der Waals surface area contributed by atoms with Gasteiger partial charge in [-0.25, -0.2) is 0 Å². The Balaban J connectivity index is 3.26. The van der Waals surface area contributed by atoms with Crippen LogP contribution in [0.1, 0.15) is 33.1 Å². The number of hydrogen-bond acceptors (Lipinski definition) is 1. The zero-order valence-electron chi connectivity index (χ0n) is 8.10. The number of carbonyl (C=O) groups excluding carboxylic acids is 1. The van der Waals surface area contributed by atoms with Crippen molar-refractivity contribution in [3.63, 3.8) is 0 Å². The molecule has 1 unspecified atom stereocenters. The molecule has 0 saturated heterocycles. The van der Waals surface area contributed by atoms with Gasteiger partial charge in [-0.05, 0) is 25.2 Å². The Morgan fingerprint density at radius 3 is 2.83 bits per heavy atom. The van der Waals surface area contributed by atoms with Crippen molar-refractivity contribution in [2.24, 2.45) is 5.92 Å². The van der Waals surface area contributed by atoms with E-state index in [0.29, 0.717) is 5.92 Å². The highest BCUT2D eigenvalue weighted by molar-refractivity contribution is 5.72. The van der Waals surface area contributed by atoms with Crippen molar-refractivity contribution in [1.82, 2.24) is 5.32 Å². The Morgan fingerprint density at radius 1 is 1.67 bits per heavy atom. The van der Waals surface area contributed by atoms with Crippen molar-refractivity contribution in [2.75, 3.05) is 6.54 Å². The summed E-state index contributed by atoms with van der Waals surface area (Å²) in [4.78, 5) is 10.6. The van der Waals surface area contributed by atoms with Crippen LogP contribution in [0.4, 0.5) is 0 Å². The van der Waals surface area contributed by atoms with Crippen LogP contribution in [0, 0.1) is 5.92 Å². The number of amides is 1. The first kappa shape index (κ1) is 11.2. The fourth-order valence-electron chi connectivity index (χ4n) is 1.03. The Morgan fingerprint density at radius 2 is 2.33 bits per heavy atom. The summed E-state index contributed by atoms with van der Waals surface area (Å²) in [6.45, 7) is 8.16. The molecule has 2 heteroatoms. The topological polar surface area (TPSA) is 29.1 Å². The summed E-state index contributed by atoms with van der Waals surface area (Å²) in [6, 6.07) is 0. The van der Waals surface area contributed by atoms with E-state index < -0.39 is 0 Å². The van der Waals surface area contributed by atoms with Gasteiger partial charge >= 0.3 is 0 Å². The zero-order valence-corrected chi connectivity index (χ0v) is 8.10. The molecule has 0 rings (SSSR count). The van der Waals surface area contributed by atoms with Crippen molar-refractivity contribution in [3.8, 4) is 0 Å². The van der Waals surface area contributed by atoms with Crippen LogP contribution < -0.4 is 5.32 Å². The fraction of sp³-hybridized carbons (Fsp3) is 0.700. The van der Waals surface area contributed by atoms with Gasteiger partial charge in [-0.1, -0.05) is 13.0 Å². The van der Waals surface area contributed by atoms with E-state index in [1.807, 2.05) is 6.08 Å². The average molecular weight is 169 g/mol. The molecule has 12 heavy (non-hydrogen) atoms. The van der Waals surface area contributed by atoms with Crippen molar-refractivity contribution in [2.45, 2.75) is 33.1 Å². The van der Waals surface area contributed by atoms with Gasteiger partial charge < -0.3 is 5.32 Å². The summed E-state index contributed by atoms with van der Waals surface area (Å²) < 4.78 is 0. The summed E-state index contributed by atoms with van der Waals surface area (Å²) in [7, 11) is 0. The van der Waals surface area contributed by atoms with Gasteiger partial charge in [0.2, 0.25) is 5.91 Å². The van der Waals surface area contributed by atoms with Crippen LogP contribution in [-0.2, 0) is 4.79 Å². The monoisotopic (exact) mass is 169 g/mol. The molecule has 0 heterocycles. The molecule has 2 nitrogen and oxygen atoms in total. The molecular weight excluding hydrogens is 150 g/mol. The van der Waals surface area contributed by atoms with E-state index in [4.69, 9.17) is 0 Å². The molecule has 0 aromatic rings. The molecule has 0 saturated carbocycles. The Hall–Kier alpha value is -0.790. The lowest BCUT2D eigenvalue weighted by molar-refractivity contribution is -0.119. The Kier molecular flexibility index (Phi) is 6.44. The van der Waals surface area contributed by atoms with Crippen molar-refractivity contribution < 1.29 is 4.79 Å². The van der Waals surface area contributed by atoms with Gasteiger partial charge in [-0.15, -0.1) is 6.58 Å².